The van der Waals surface area contributed by atoms with E-state index in [1.807, 2.05) is 18.2 Å². The smallest absolute Gasteiger partial charge is 0.331 e. The SMILES string of the molecule is CCCCC(CC)COC(=O)/C=C\C(=O)OCCCCCC[n+]1ccccc1.[Br-]. The summed E-state index contributed by atoms with van der Waals surface area (Å²) >= 11 is 0. The molecule has 1 rings (SSSR count). The zero-order valence-electron chi connectivity index (χ0n) is 17.9. The summed E-state index contributed by atoms with van der Waals surface area (Å²) in [6, 6.07) is 6.06. The molecule has 1 aromatic heterocycles. The van der Waals surface area contributed by atoms with E-state index in [0.29, 0.717) is 19.1 Å². The standard InChI is InChI=1S/C23H36NO4.BrH/c1-3-5-13-21(4-2)20-28-23(26)15-14-22(25)27-19-12-7-6-9-16-24-17-10-8-11-18-24;/h8,10-11,14-15,17-18,21H,3-7,9,12-13,16,19-20H2,1-2H3;1H/q+1;/p-1/b15-14-;. The lowest BCUT2D eigenvalue weighted by molar-refractivity contribution is -0.697. The van der Waals surface area contributed by atoms with Gasteiger partial charge in [-0.15, -0.1) is 0 Å². The molecule has 0 N–H and O–H groups in total. The molecule has 1 heterocycles. The number of unbranched alkanes of at least 4 members (excludes halogenated alkanes) is 4. The maximum Gasteiger partial charge on any atom is 0.331 e. The number of pyridine rings is 1. The van der Waals surface area contributed by atoms with Crippen molar-refractivity contribution in [3.8, 4) is 0 Å². The van der Waals surface area contributed by atoms with Crippen molar-refractivity contribution >= 4 is 11.9 Å². The Bertz CT molecular complexity index is 578. The van der Waals surface area contributed by atoms with Crippen LogP contribution >= 0.6 is 0 Å². The van der Waals surface area contributed by atoms with E-state index in [1.54, 1.807) is 0 Å². The maximum absolute atomic E-state index is 11.7. The van der Waals surface area contributed by atoms with Gasteiger partial charge in [0.25, 0.3) is 0 Å². The van der Waals surface area contributed by atoms with Gasteiger partial charge in [-0.25, -0.2) is 14.2 Å². The first-order valence-electron chi connectivity index (χ1n) is 10.6. The van der Waals surface area contributed by atoms with E-state index >= 15 is 0 Å². The molecule has 0 saturated carbocycles. The van der Waals surface area contributed by atoms with Crippen molar-refractivity contribution in [3.63, 3.8) is 0 Å². The first-order chi connectivity index (χ1) is 13.7. The number of aromatic nitrogens is 1. The van der Waals surface area contributed by atoms with Crippen LogP contribution in [-0.4, -0.2) is 25.2 Å². The summed E-state index contributed by atoms with van der Waals surface area (Å²) in [5.74, 6) is -0.579. The fourth-order valence-corrected chi connectivity index (χ4v) is 2.84. The number of esters is 2. The van der Waals surface area contributed by atoms with Crippen LogP contribution in [0.15, 0.2) is 42.7 Å². The van der Waals surface area contributed by atoms with Gasteiger partial charge in [-0.2, -0.15) is 0 Å². The van der Waals surface area contributed by atoms with E-state index < -0.39 is 11.9 Å². The lowest BCUT2D eigenvalue weighted by Crippen LogP contribution is -3.00. The number of hydrogen-bond acceptors (Lipinski definition) is 4. The fourth-order valence-electron chi connectivity index (χ4n) is 2.84. The topological polar surface area (TPSA) is 56.5 Å². The Labute approximate surface area is 186 Å². The van der Waals surface area contributed by atoms with Gasteiger partial charge in [-0.05, 0) is 31.6 Å². The molecule has 1 unspecified atom stereocenters. The van der Waals surface area contributed by atoms with Crippen LogP contribution in [-0.2, 0) is 25.6 Å². The van der Waals surface area contributed by atoms with Crippen LogP contribution < -0.4 is 21.5 Å². The number of nitrogens with zero attached hydrogens (tertiary/aromatic N) is 1. The lowest BCUT2D eigenvalue weighted by Gasteiger charge is -2.13. The average Bonchev–Trinajstić information content (AvgIpc) is 2.72. The van der Waals surface area contributed by atoms with Gasteiger partial charge in [0.05, 0.1) is 13.2 Å². The molecule has 0 amide bonds. The molecule has 0 aliphatic rings. The van der Waals surface area contributed by atoms with Crippen molar-refractivity contribution in [2.24, 2.45) is 5.92 Å². The first kappa shape index (κ1) is 27.3. The summed E-state index contributed by atoms with van der Waals surface area (Å²) in [5, 5.41) is 0. The third kappa shape index (κ3) is 14.9. The highest BCUT2D eigenvalue weighted by molar-refractivity contribution is 5.91. The number of ether oxygens (including phenoxy) is 2. The normalized spacial score (nSPS) is 11.7. The summed E-state index contributed by atoms with van der Waals surface area (Å²) in [6.45, 7) is 6.04. The highest BCUT2D eigenvalue weighted by atomic mass is 79.9. The Hall–Kier alpha value is -1.69. The van der Waals surface area contributed by atoms with Crippen LogP contribution in [0.3, 0.4) is 0 Å². The molecule has 0 saturated heterocycles. The van der Waals surface area contributed by atoms with Crippen LogP contribution in [0.4, 0.5) is 0 Å². The highest BCUT2D eigenvalue weighted by Gasteiger charge is 2.09. The molecule has 0 fully saturated rings. The molecule has 0 spiro atoms. The Morgan fingerprint density at radius 1 is 0.897 bits per heavy atom. The van der Waals surface area contributed by atoms with E-state index in [9.17, 15) is 9.59 Å². The minimum atomic E-state index is -0.491. The Morgan fingerprint density at radius 3 is 2.21 bits per heavy atom. The molecule has 5 nitrogen and oxygen atoms in total. The third-order valence-corrected chi connectivity index (χ3v) is 4.69. The molecule has 0 aliphatic carbocycles. The number of carbonyl (C=O) groups excluding carboxylic acids is 2. The summed E-state index contributed by atoms with van der Waals surface area (Å²) in [4.78, 5) is 23.3. The molecule has 164 valence electrons. The maximum atomic E-state index is 11.7. The monoisotopic (exact) mass is 469 g/mol. The number of aryl methyl sites for hydroxylation is 1. The van der Waals surface area contributed by atoms with Crippen molar-refractivity contribution in [2.45, 2.75) is 71.8 Å². The van der Waals surface area contributed by atoms with Gasteiger partial charge in [0.15, 0.2) is 12.4 Å². The minimum Gasteiger partial charge on any atom is -1.00 e. The van der Waals surface area contributed by atoms with Crippen LogP contribution in [0.25, 0.3) is 0 Å². The van der Waals surface area contributed by atoms with E-state index in [1.165, 1.54) is 0 Å². The van der Waals surface area contributed by atoms with Crippen LogP contribution in [0.5, 0.6) is 0 Å². The van der Waals surface area contributed by atoms with Gasteiger partial charge in [-0.1, -0.05) is 39.2 Å². The van der Waals surface area contributed by atoms with Crippen molar-refractivity contribution in [2.75, 3.05) is 13.2 Å². The number of hydrogen-bond donors (Lipinski definition) is 0. The number of carbonyl (C=O) groups is 2. The van der Waals surface area contributed by atoms with Crippen LogP contribution in [0.2, 0.25) is 0 Å². The molecule has 1 aromatic rings. The van der Waals surface area contributed by atoms with Crippen LogP contribution in [0, 0.1) is 5.92 Å². The Balaban J connectivity index is 0.00000784. The van der Waals surface area contributed by atoms with Crippen molar-refractivity contribution in [1.82, 2.24) is 0 Å². The van der Waals surface area contributed by atoms with Gasteiger partial charge < -0.3 is 26.5 Å². The second-order valence-electron chi connectivity index (χ2n) is 7.07. The number of rotatable bonds is 15. The van der Waals surface area contributed by atoms with E-state index in [4.69, 9.17) is 9.47 Å². The summed E-state index contributed by atoms with van der Waals surface area (Å²) < 4.78 is 12.5. The van der Waals surface area contributed by atoms with Gasteiger partial charge >= 0.3 is 11.9 Å². The van der Waals surface area contributed by atoms with Crippen molar-refractivity contribution in [1.29, 1.82) is 0 Å². The van der Waals surface area contributed by atoms with Gasteiger partial charge in [-0.3, -0.25) is 0 Å². The molecule has 1 atom stereocenters. The molecule has 0 radical (unpaired) electrons. The van der Waals surface area contributed by atoms with Gasteiger partial charge in [0, 0.05) is 30.7 Å². The molecule has 6 heteroatoms. The fraction of sp³-hybridized carbons (Fsp3) is 0.609. The summed E-state index contributed by atoms with van der Waals surface area (Å²) in [5.41, 5.74) is 0. The minimum absolute atomic E-state index is 0. The predicted octanol–water partition coefficient (Wildman–Crippen LogP) is 1.40. The molecule has 0 aromatic carbocycles. The van der Waals surface area contributed by atoms with Crippen molar-refractivity contribution in [3.05, 3.63) is 42.7 Å². The quantitative estimate of drug-likeness (QED) is 0.168. The second-order valence-corrected chi connectivity index (χ2v) is 7.07. The first-order valence-corrected chi connectivity index (χ1v) is 10.6. The van der Waals surface area contributed by atoms with Crippen molar-refractivity contribution < 1.29 is 40.6 Å². The van der Waals surface area contributed by atoms with E-state index in [2.05, 4.69) is 30.8 Å². The van der Waals surface area contributed by atoms with Gasteiger partial charge in [0.2, 0.25) is 0 Å². The highest BCUT2D eigenvalue weighted by Crippen LogP contribution is 2.12. The lowest BCUT2D eigenvalue weighted by atomic mass is 10.0. The molecular formula is C23H36BrNO4. The average molecular weight is 470 g/mol. The van der Waals surface area contributed by atoms with E-state index in [-0.39, 0.29) is 17.0 Å². The molecule has 0 aliphatic heterocycles. The Kier molecular flexibility index (Phi) is 17.3. The molecule has 29 heavy (non-hydrogen) atoms. The second kappa shape index (κ2) is 18.3. The summed E-state index contributed by atoms with van der Waals surface area (Å²) in [6.07, 6.45) is 14.8. The number of halogens is 1. The Morgan fingerprint density at radius 2 is 1.55 bits per heavy atom. The van der Waals surface area contributed by atoms with E-state index in [0.717, 1.165) is 70.1 Å². The molecular weight excluding hydrogens is 434 g/mol. The zero-order chi connectivity index (χ0) is 20.5. The largest absolute Gasteiger partial charge is 1.00 e. The summed E-state index contributed by atoms with van der Waals surface area (Å²) in [7, 11) is 0. The van der Waals surface area contributed by atoms with Gasteiger partial charge in [0.1, 0.15) is 6.54 Å². The molecule has 0 bridgehead atoms. The van der Waals surface area contributed by atoms with Crippen LogP contribution in [0.1, 0.15) is 65.2 Å². The zero-order valence-corrected chi connectivity index (χ0v) is 19.4. The third-order valence-electron chi connectivity index (χ3n) is 4.69. The predicted molar refractivity (Wildman–Crippen MR) is 109 cm³/mol.